The lowest BCUT2D eigenvalue weighted by molar-refractivity contribution is 0.0944. The summed E-state index contributed by atoms with van der Waals surface area (Å²) in [7, 11) is 0. The maximum atomic E-state index is 12.7. The molecule has 0 bridgehead atoms. The number of carbonyl (C=O) groups excluding carboxylic acids is 2. The van der Waals surface area contributed by atoms with Crippen LogP contribution in [0, 0.1) is 0 Å². The van der Waals surface area contributed by atoms with Crippen LogP contribution in [0.3, 0.4) is 0 Å². The number of nitrogens with zero attached hydrogens (tertiary/aromatic N) is 6. The average molecular weight is 493 g/mol. The molecule has 10 heteroatoms. The molecule has 2 aromatic heterocycles. The van der Waals surface area contributed by atoms with E-state index in [2.05, 4.69) is 31.3 Å². The first-order chi connectivity index (χ1) is 18.1. The second-order valence-electron chi connectivity index (χ2n) is 8.41. The molecular weight excluding hydrogens is 468 g/mol. The van der Waals surface area contributed by atoms with Crippen LogP contribution in [0.2, 0.25) is 0 Å². The van der Waals surface area contributed by atoms with Crippen LogP contribution in [0.1, 0.15) is 37.7 Å². The number of hydrogen-bond acceptors (Lipinski definition) is 6. The summed E-state index contributed by atoms with van der Waals surface area (Å²) in [4.78, 5) is 25.2. The molecule has 0 saturated heterocycles. The van der Waals surface area contributed by atoms with Gasteiger partial charge in [0.1, 0.15) is 0 Å². The Bertz CT molecular complexity index is 1500. The first-order valence-corrected chi connectivity index (χ1v) is 11.7. The minimum Gasteiger partial charge on any atom is -0.347 e. The van der Waals surface area contributed by atoms with Crippen molar-refractivity contribution in [3.8, 4) is 0 Å². The lowest BCUT2D eigenvalue weighted by Crippen LogP contribution is -2.23. The lowest BCUT2D eigenvalue weighted by atomic mass is 10.2. The Hall–Kier alpha value is -5.12. The highest BCUT2D eigenvalue weighted by molar-refractivity contribution is 6.02. The Labute approximate surface area is 212 Å². The number of nitrogens with one attached hydrogen (secondary N) is 2. The average Bonchev–Trinajstić information content (AvgIpc) is 3.59. The Morgan fingerprint density at radius 1 is 0.649 bits per heavy atom. The Balaban J connectivity index is 1.15. The van der Waals surface area contributed by atoms with Crippen molar-refractivity contribution >= 4 is 17.5 Å². The Morgan fingerprint density at radius 2 is 1.19 bits per heavy atom. The van der Waals surface area contributed by atoms with Gasteiger partial charge in [-0.3, -0.25) is 9.59 Å². The van der Waals surface area contributed by atoms with Crippen molar-refractivity contribution in [2.75, 3.05) is 5.32 Å². The highest BCUT2D eigenvalue weighted by atomic mass is 16.2. The maximum absolute atomic E-state index is 12.7. The Morgan fingerprint density at radius 3 is 1.78 bits per heavy atom. The second kappa shape index (κ2) is 11.1. The number of carbonyl (C=O) groups is 2. The molecule has 2 heterocycles. The molecular formula is C27H24N8O2. The fourth-order valence-electron chi connectivity index (χ4n) is 3.73. The van der Waals surface area contributed by atoms with E-state index in [1.807, 2.05) is 66.7 Å². The summed E-state index contributed by atoms with van der Waals surface area (Å²) in [6.07, 6.45) is 3.22. The van der Waals surface area contributed by atoms with Gasteiger partial charge in [-0.2, -0.15) is 0 Å². The van der Waals surface area contributed by atoms with Gasteiger partial charge in [-0.1, -0.05) is 83.2 Å². The van der Waals surface area contributed by atoms with Gasteiger partial charge in [0.25, 0.3) is 11.8 Å². The molecule has 0 unspecified atom stereocenters. The van der Waals surface area contributed by atoms with Crippen LogP contribution in [0.15, 0.2) is 97.3 Å². The van der Waals surface area contributed by atoms with Gasteiger partial charge in [0.15, 0.2) is 11.4 Å². The maximum Gasteiger partial charge on any atom is 0.277 e. The van der Waals surface area contributed by atoms with E-state index in [0.717, 1.165) is 16.7 Å². The number of aromatic nitrogens is 6. The van der Waals surface area contributed by atoms with E-state index in [0.29, 0.717) is 18.8 Å². The van der Waals surface area contributed by atoms with Gasteiger partial charge in [-0.15, -0.1) is 10.2 Å². The van der Waals surface area contributed by atoms with Gasteiger partial charge in [0.2, 0.25) is 0 Å². The van der Waals surface area contributed by atoms with Crippen molar-refractivity contribution in [3.63, 3.8) is 0 Å². The van der Waals surface area contributed by atoms with Crippen molar-refractivity contribution in [2.45, 2.75) is 19.6 Å². The third kappa shape index (κ3) is 6.31. The predicted octanol–water partition coefficient (Wildman–Crippen LogP) is 3.15. The van der Waals surface area contributed by atoms with E-state index in [1.165, 1.54) is 0 Å². The molecule has 10 nitrogen and oxygen atoms in total. The summed E-state index contributed by atoms with van der Waals surface area (Å²) in [6.45, 7) is 1.32. The molecule has 37 heavy (non-hydrogen) atoms. The van der Waals surface area contributed by atoms with Crippen molar-refractivity contribution in [2.24, 2.45) is 0 Å². The van der Waals surface area contributed by atoms with Crippen LogP contribution in [-0.4, -0.2) is 41.8 Å². The van der Waals surface area contributed by atoms with Crippen LogP contribution in [0.5, 0.6) is 0 Å². The molecule has 5 aromatic rings. The van der Waals surface area contributed by atoms with Crippen LogP contribution >= 0.6 is 0 Å². The van der Waals surface area contributed by atoms with E-state index < -0.39 is 0 Å². The number of rotatable bonds is 9. The topological polar surface area (TPSA) is 120 Å². The zero-order valence-electron chi connectivity index (χ0n) is 19.9. The fourth-order valence-corrected chi connectivity index (χ4v) is 3.73. The minimum atomic E-state index is -0.365. The summed E-state index contributed by atoms with van der Waals surface area (Å²) in [5, 5.41) is 21.7. The zero-order chi connectivity index (χ0) is 25.5. The standard InChI is InChI=1S/C27H24N8O2/c36-26(24-18-34(32-30-24)16-20-8-3-1-4-9-20)28-15-22-12-7-13-23(14-22)29-27(37)25-19-35(33-31-25)17-21-10-5-2-6-11-21/h1-14,18-19H,15-17H2,(H,28,36)(H,29,37). The molecule has 0 aliphatic heterocycles. The van der Waals surface area contributed by atoms with Crippen LogP contribution in [-0.2, 0) is 19.6 Å². The van der Waals surface area contributed by atoms with E-state index >= 15 is 0 Å². The lowest BCUT2D eigenvalue weighted by Gasteiger charge is -2.07. The van der Waals surface area contributed by atoms with E-state index in [1.54, 1.807) is 40.0 Å². The molecule has 0 radical (unpaired) electrons. The van der Waals surface area contributed by atoms with E-state index in [9.17, 15) is 9.59 Å². The van der Waals surface area contributed by atoms with Crippen molar-refractivity contribution < 1.29 is 9.59 Å². The summed E-state index contributed by atoms with van der Waals surface area (Å²) < 4.78 is 3.24. The molecule has 2 amide bonds. The second-order valence-corrected chi connectivity index (χ2v) is 8.41. The smallest absolute Gasteiger partial charge is 0.277 e. The molecule has 0 saturated carbocycles. The number of hydrogen-bond donors (Lipinski definition) is 2. The summed E-state index contributed by atoms with van der Waals surface area (Å²) in [6, 6.07) is 26.9. The molecule has 0 aliphatic rings. The van der Waals surface area contributed by atoms with E-state index in [-0.39, 0.29) is 29.7 Å². The molecule has 5 rings (SSSR count). The van der Waals surface area contributed by atoms with Gasteiger partial charge < -0.3 is 10.6 Å². The molecule has 0 aliphatic carbocycles. The first-order valence-electron chi connectivity index (χ1n) is 11.7. The number of anilines is 1. The highest BCUT2D eigenvalue weighted by Gasteiger charge is 2.13. The van der Waals surface area contributed by atoms with Gasteiger partial charge in [-0.05, 0) is 28.8 Å². The van der Waals surface area contributed by atoms with E-state index in [4.69, 9.17) is 0 Å². The van der Waals surface area contributed by atoms with Crippen molar-refractivity contribution in [3.05, 3.63) is 125 Å². The molecule has 3 aromatic carbocycles. The predicted molar refractivity (Wildman–Crippen MR) is 137 cm³/mol. The zero-order valence-corrected chi connectivity index (χ0v) is 19.9. The SMILES string of the molecule is O=C(NCc1cccc(NC(=O)c2cn(Cc3ccccc3)nn2)c1)c1cn(Cc2ccccc2)nn1. The minimum absolute atomic E-state index is 0.216. The monoisotopic (exact) mass is 492 g/mol. The fraction of sp³-hybridized carbons (Fsp3) is 0.111. The van der Waals surface area contributed by atoms with Crippen LogP contribution < -0.4 is 10.6 Å². The molecule has 2 N–H and O–H groups in total. The van der Waals surface area contributed by atoms with Crippen LogP contribution in [0.4, 0.5) is 5.69 Å². The highest BCUT2D eigenvalue weighted by Crippen LogP contribution is 2.12. The quantitative estimate of drug-likeness (QED) is 0.326. The summed E-state index contributed by atoms with van der Waals surface area (Å²) in [5.41, 5.74) is 3.98. The third-order valence-electron chi connectivity index (χ3n) is 5.56. The molecule has 184 valence electrons. The molecule has 0 fully saturated rings. The number of benzene rings is 3. The summed E-state index contributed by atoms with van der Waals surface area (Å²) >= 11 is 0. The molecule has 0 atom stereocenters. The van der Waals surface area contributed by atoms with Crippen molar-refractivity contribution in [1.29, 1.82) is 0 Å². The number of amides is 2. The van der Waals surface area contributed by atoms with Crippen molar-refractivity contribution in [1.82, 2.24) is 35.3 Å². The van der Waals surface area contributed by atoms with Gasteiger partial charge >= 0.3 is 0 Å². The third-order valence-corrected chi connectivity index (χ3v) is 5.56. The molecule has 0 spiro atoms. The van der Waals surface area contributed by atoms with Gasteiger partial charge in [0, 0.05) is 12.2 Å². The normalized spacial score (nSPS) is 10.7. The van der Waals surface area contributed by atoms with Gasteiger partial charge in [0.05, 0.1) is 25.5 Å². The Kier molecular flexibility index (Phi) is 7.07. The first kappa shape index (κ1) is 23.6. The summed E-state index contributed by atoms with van der Waals surface area (Å²) in [5.74, 6) is -0.695. The van der Waals surface area contributed by atoms with Gasteiger partial charge in [-0.25, -0.2) is 9.36 Å². The van der Waals surface area contributed by atoms with Crippen LogP contribution in [0.25, 0.3) is 0 Å². The largest absolute Gasteiger partial charge is 0.347 e.